The van der Waals surface area contributed by atoms with Crippen LogP contribution in [0, 0.1) is 12.8 Å². The number of nitrogens with one attached hydrogen (secondary N) is 1. The number of carbonyl (C=O) groups is 2. The maximum absolute atomic E-state index is 12.3. The number of rotatable bonds is 8. The third-order valence-corrected chi connectivity index (χ3v) is 3.45. The van der Waals surface area contributed by atoms with Gasteiger partial charge in [-0.05, 0) is 19.8 Å². The Morgan fingerprint density at radius 1 is 1.35 bits per heavy atom. The summed E-state index contributed by atoms with van der Waals surface area (Å²) >= 11 is 6.22. The van der Waals surface area contributed by atoms with Crippen molar-refractivity contribution in [3.63, 3.8) is 0 Å². The van der Waals surface area contributed by atoms with Gasteiger partial charge in [0.2, 0.25) is 0 Å². The van der Waals surface area contributed by atoms with E-state index in [0.29, 0.717) is 31.3 Å². The summed E-state index contributed by atoms with van der Waals surface area (Å²) in [5.41, 5.74) is 0.677. The molecule has 0 unspecified atom stereocenters. The SMILES string of the molecule is COCCNC(=O)[C@H](C)OC(=O)c1c(C)nn(CC(C)C)c1Cl. The van der Waals surface area contributed by atoms with Gasteiger partial charge in [-0.25, -0.2) is 4.79 Å². The second-order valence-electron chi connectivity index (χ2n) is 5.66. The molecular formula is C15H24ClN3O4. The van der Waals surface area contributed by atoms with Crippen LogP contribution in [0.15, 0.2) is 0 Å². The van der Waals surface area contributed by atoms with Crippen LogP contribution >= 0.6 is 11.6 Å². The van der Waals surface area contributed by atoms with Crippen molar-refractivity contribution < 1.29 is 19.1 Å². The molecule has 130 valence electrons. The standard InChI is InChI=1S/C15H24ClN3O4/c1-9(2)8-19-13(16)12(10(3)18-19)15(21)23-11(4)14(20)17-6-7-22-5/h9,11H,6-8H2,1-5H3,(H,17,20)/t11-/m0/s1. The van der Waals surface area contributed by atoms with Crippen LogP contribution in [0.5, 0.6) is 0 Å². The summed E-state index contributed by atoms with van der Waals surface area (Å²) in [7, 11) is 1.54. The molecule has 0 aliphatic rings. The van der Waals surface area contributed by atoms with Gasteiger partial charge in [-0.15, -0.1) is 0 Å². The van der Waals surface area contributed by atoms with Crippen molar-refractivity contribution in [3.8, 4) is 0 Å². The highest BCUT2D eigenvalue weighted by molar-refractivity contribution is 6.32. The van der Waals surface area contributed by atoms with Crippen LogP contribution in [0.1, 0.15) is 36.8 Å². The van der Waals surface area contributed by atoms with Crippen LogP contribution in [-0.2, 0) is 20.8 Å². The van der Waals surface area contributed by atoms with Crippen molar-refractivity contribution in [1.82, 2.24) is 15.1 Å². The molecule has 1 aromatic heterocycles. The zero-order valence-electron chi connectivity index (χ0n) is 14.2. The van der Waals surface area contributed by atoms with Gasteiger partial charge in [-0.2, -0.15) is 5.10 Å². The fraction of sp³-hybridized carbons (Fsp3) is 0.667. The number of methoxy groups -OCH3 is 1. The molecule has 0 bridgehead atoms. The van der Waals surface area contributed by atoms with Crippen molar-refractivity contribution in [2.24, 2.45) is 5.92 Å². The Bertz CT molecular complexity index is 557. The number of aromatic nitrogens is 2. The summed E-state index contributed by atoms with van der Waals surface area (Å²) in [4.78, 5) is 24.1. The predicted octanol–water partition coefficient (Wildman–Crippen LogP) is 1.81. The minimum atomic E-state index is -0.928. The first-order valence-electron chi connectivity index (χ1n) is 7.48. The third-order valence-electron chi connectivity index (χ3n) is 3.07. The molecule has 1 aromatic rings. The molecule has 0 saturated heterocycles. The van der Waals surface area contributed by atoms with Crippen LogP contribution in [0.2, 0.25) is 5.15 Å². The molecule has 23 heavy (non-hydrogen) atoms. The Balaban J connectivity index is 2.74. The second kappa shape index (κ2) is 8.88. The summed E-state index contributed by atoms with van der Waals surface area (Å²) in [6.45, 7) is 8.57. The van der Waals surface area contributed by atoms with Gasteiger partial charge in [0, 0.05) is 20.2 Å². The quantitative estimate of drug-likeness (QED) is 0.574. The van der Waals surface area contributed by atoms with E-state index in [0.717, 1.165) is 0 Å². The highest BCUT2D eigenvalue weighted by Crippen LogP contribution is 2.22. The smallest absolute Gasteiger partial charge is 0.343 e. The monoisotopic (exact) mass is 345 g/mol. The molecular weight excluding hydrogens is 322 g/mol. The van der Waals surface area contributed by atoms with Gasteiger partial charge in [-0.1, -0.05) is 25.4 Å². The average molecular weight is 346 g/mol. The van der Waals surface area contributed by atoms with Gasteiger partial charge in [0.1, 0.15) is 10.7 Å². The van der Waals surface area contributed by atoms with E-state index in [9.17, 15) is 9.59 Å². The molecule has 1 amide bonds. The van der Waals surface area contributed by atoms with Crippen LogP contribution in [0.25, 0.3) is 0 Å². The van der Waals surface area contributed by atoms with Gasteiger partial charge >= 0.3 is 5.97 Å². The molecule has 0 aliphatic carbocycles. The summed E-state index contributed by atoms with van der Waals surface area (Å²) in [6, 6.07) is 0. The van der Waals surface area contributed by atoms with Crippen molar-refractivity contribution in [2.45, 2.75) is 40.3 Å². The molecule has 0 spiro atoms. The van der Waals surface area contributed by atoms with Gasteiger partial charge in [0.05, 0.1) is 12.3 Å². The lowest BCUT2D eigenvalue weighted by molar-refractivity contribution is -0.129. The van der Waals surface area contributed by atoms with Crippen LogP contribution in [-0.4, -0.2) is 48.0 Å². The topological polar surface area (TPSA) is 82.4 Å². The Morgan fingerprint density at radius 3 is 2.57 bits per heavy atom. The highest BCUT2D eigenvalue weighted by atomic mass is 35.5. The number of halogens is 1. The van der Waals surface area contributed by atoms with Gasteiger partial charge in [-0.3, -0.25) is 9.48 Å². The lowest BCUT2D eigenvalue weighted by Crippen LogP contribution is -2.37. The molecule has 8 heteroatoms. The number of carbonyl (C=O) groups excluding carboxylic acids is 2. The Hall–Kier alpha value is -1.60. The molecule has 0 aromatic carbocycles. The van der Waals surface area contributed by atoms with E-state index in [2.05, 4.69) is 10.4 Å². The summed E-state index contributed by atoms with van der Waals surface area (Å²) in [5.74, 6) is -0.711. The summed E-state index contributed by atoms with van der Waals surface area (Å²) < 4.78 is 11.6. The first-order valence-corrected chi connectivity index (χ1v) is 7.86. The van der Waals surface area contributed by atoms with Crippen LogP contribution < -0.4 is 5.32 Å². The molecule has 1 heterocycles. The van der Waals surface area contributed by atoms with Gasteiger partial charge in [0.25, 0.3) is 5.91 Å². The molecule has 0 aliphatic heterocycles. The minimum absolute atomic E-state index is 0.198. The Kier molecular flexibility index (Phi) is 7.51. The van der Waals surface area contributed by atoms with Gasteiger partial charge < -0.3 is 14.8 Å². The molecule has 1 atom stereocenters. The van der Waals surface area contributed by atoms with Gasteiger partial charge in [0.15, 0.2) is 6.10 Å². The van der Waals surface area contributed by atoms with E-state index < -0.39 is 18.0 Å². The first-order chi connectivity index (χ1) is 10.8. The lowest BCUT2D eigenvalue weighted by Gasteiger charge is -2.13. The Labute approximate surface area is 141 Å². The highest BCUT2D eigenvalue weighted by Gasteiger charge is 2.25. The number of amides is 1. The van der Waals surface area contributed by atoms with Crippen molar-refractivity contribution in [1.29, 1.82) is 0 Å². The van der Waals surface area contributed by atoms with Crippen molar-refractivity contribution >= 4 is 23.5 Å². The van der Waals surface area contributed by atoms with E-state index >= 15 is 0 Å². The second-order valence-corrected chi connectivity index (χ2v) is 6.02. The van der Waals surface area contributed by atoms with Crippen molar-refractivity contribution in [2.75, 3.05) is 20.3 Å². The number of aryl methyl sites for hydroxylation is 1. The fourth-order valence-corrected chi connectivity index (χ4v) is 2.27. The predicted molar refractivity (Wildman–Crippen MR) is 86.6 cm³/mol. The maximum Gasteiger partial charge on any atom is 0.343 e. The largest absolute Gasteiger partial charge is 0.449 e. The molecule has 0 radical (unpaired) electrons. The Morgan fingerprint density at radius 2 is 2.00 bits per heavy atom. The van der Waals surface area contributed by atoms with E-state index in [1.54, 1.807) is 11.6 Å². The van der Waals surface area contributed by atoms with E-state index in [-0.39, 0.29) is 10.7 Å². The third kappa shape index (κ3) is 5.51. The molecule has 7 nitrogen and oxygen atoms in total. The molecule has 1 N–H and O–H groups in total. The number of hydrogen-bond donors (Lipinski definition) is 1. The number of esters is 1. The maximum atomic E-state index is 12.3. The molecule has 0 fully saturated rings. The first kappa shape index (κ1) is 19.4. The fourth-order valence-electron chi connectivity index (χ4n) is 1.95. The van der Waals surface area contributed by atoms with Crippen LogP contribution in [0.4, 0.5) is 0 Å². The average Bonchev–Trinajstić information content (AvgIpc) is 2.72. The zero-order chi connectivity index (χ0) is 17.6. The molecule has 1 rings (SSSR count). The number of ether oxygens (including phenoxy) is 2. The van der Waals surface area contributed by atoms with Crippen molar-refractivity contribution in [3.05, 3.63) is 16.4 Å². The normalized spacial score (nSPS) is 12.3. The van der Waals surface area contributed by atoms with E-state index in [4.69, 9.17) is 21.1 Å². The van der Waals surface area contributed by atoms with E-state index in [1.807, 2.05) is 13.8 Å². The molecule has 0 saturated carbocycles. The van der Waals surface area contributed by atoms with Crippen LogP contribution in [0.3, 0.4) is 0 Å². The van der Waals surface area contributed by atoms with E-state index in [1.165, 1.54) is 14.0 Å². The number of nitrogens with zero attached hydrogens (tertiary/aromatic N) is 2. The lowest BCUT2D eigenvalue weighted by atomic mass is 10.2. The zero-order valence-corrected chi connectivity index (χ0v) is 14.9. The minimum Gasteiger partial charge on any atom is -0.449 e. The number of hydrogen-bond acceptors (Lipinski definition) is 5. The summed E-state index contributed by atoms with van der Waals surface area (Å²) in [6.07, 6.45) is -0.928. The summed E-state index contributed by atoms with van der Waals surface area (Å²) in [5, 5.41) is 7.09.